The van der Waals surface area contributed by atoms with Gasteiger partial charge in [0.25, 0.3) is 0 Å². The zero-order valence-corrected chi connectivity index (χ0v) is 17.3. The highest BCUT2D eigenvalue weighted by molar-refractivity contribution is 14.0. The predicted molar refractivity (Wildman–Crippen MR) is 110 cm³/mol. The van der Waals surface area contributed by atoms with E-state index in [1.54, 1.807) is 7.05 Å². The summed E-state index contributed by atoms with van der Waals surface area (Å²) >= 11 is 0. The SMILES string of the molecule is CN=C(NCCCOCC(C)C)NCC(=O)Nc1ccc(F)cc1.I. The van der Waals surface area contributed by atoms with Crippen molar-refractivity contribution in [2.45, 2.75) is 20.3 Å². The third kappa shape index (κ3) is 11.7. The summed E-state index contributed by atoms with van der Waals surface area (Å²) in [6.45, 7) is 6.45. The number of ether oxygens (including phenoxy) is 1. The molecule has 6 nitrogen and oxygen atoms in total. The molecular weight excluding hydrogens is 438 g/mol. The van der Waals surface area contributed by atoms with Gasteiger partial charge in [-0.2, -0.15) is 0 Å². The van der Waals surface area contributed by atoms with Crippen LogP contribution in [-0.2, 0) is 9.53 Å². The van der Waals surface area contributed by atoms with E-state index in [4.69, 9.17) is 4.74 Å². The van der Waals surface area contributed by atoms with Crippen LogP contribution >= 0.6 is 24.0 Å². The average Bonchev–Trinajstić information content (AvgIpc) is 2.55. The fourth-order valence-electron chi connectivity index (χ4n) is 1.82. The van der Waals surface area contributed by atoms with Gasteiger partial charge in [0.1, 0.15) is 5.82 Å². The molecule has 0 saturated carbocycles. The van der Waals surface area contributed by atoms with Crippen LogP contribution in [0.2, 0.25) is 0 Å². The molecule has 0 fully saturated rings. The van der Waals surface area contributed by atoms with Crippen LogP contribution in [0.1, 0.15) is 20.3 Å². The second-order valence-electron chi connectivity index (χ2n) is 5.73. The maximum Gasteiger partial charge on any atom is 0.243 e. The Kier molecular flexibility index (Phi) is 13.0. The molecule has 25 heavy (non-hydrogen) atoms. The number of aliphatic imine (C=N–C) groups is 1. The average molecular weight is 466 g/mol. The fourth-order valence-corrected chi connectivity index (χ4v) is 1.82. The molecule has 1 rings (SSSR count). The maximum atomic E-state index is 12.8. The summed E-state index contributed by atoms with van der Waals surface area (Å²) in [5.74, 6) is 0.512. The molecule has 3 N–H and O–H groups in total. The number of hydrogen-bond acceptors (Lipinski definition) is 3. The van der Waals surface area contributed by atoms with Gasteiger partial charge in [0, 0.05) is 32.5 Å². The number of guanidine groups is 1. The van der Waals surface area contributed by atoms with Gasteiger partial charge in [-0.05, 0) is 36.6 Å². The van der Waals surface area contributed by atoms with Crippen molar-refractivity contribution in [1.29, 1.82) is 0 Å². The van der Waals surface area contributed by atoms with Crippen LogP contribution in [0.3, 0.4) is 0 Å². The van der Waals surface area contributed by atoms with E-state index in [1.807, 2.05) is 0 Å². The Hall–Kier alpha value is -1.42. The van der Waals surface area contributed by atoms with Gasteiger partial charge < -0.3 is 20.7 Å². The summed E-state index contributed by atoms with van der Waals surface area (Å²) in [4.78, 5) is 15.9. The summed E-state index contributed by atoms with van der Waals surface area (Å²) in [7, 11) is 1.64. The minimum atomic E-state index is -0.340. The van der Waals surface area contributed by atoms with Gasteiger partial charge >= 0.3 is 0 Å². The van der Waals surface area contributed by atoms with Gasteiger partial charge in [0.15, 0.2) is 5.96 Å². The van der Waals surface area contributed by atoms with E-state index in [0.717, 1.165) is 13.0 Å². The Bertz CT molecular complexity index is 524. The van der Waals surface area contributed by atoms with Gasteiger partial charge in [-0.25, -0.2) is 4.39 Å². The van der Waals surface area contributed by atoms with Crippen molar-refractivity contribution in [3.8, 4) is 0 Å². The number of amides is 1. The molecular formula is C17H28FIN4O2. The van der Waals surface area contributed by atoms with Crippen molar-refractivity contribution < 1.29 is 13.9 Å². The smallest absolute Gasteiger partial charge is 0.243 e. The summed E-state index contributed by atoms with van der Waals surface area (Å²) < 4.78 is 18.3. The van der Waals surface area contributed by atoms with Crippen molar-refractivity contribution >= 4 is 41.5 Å². The summed E-state index contributed by atoms with van der Waals surface area (Å²) in [5, 5.41) is 8.71. The summed E-state index contributed by atoms with van der Waals surface area (Å²) in [6, 6.07) is 5.62. The zero-order chi connectivity index (χ0) is 17.8. The van der Waals surface area contributed by atoms with E-state index < -0.39 is 0 Å². The highest BCUT2D eigenvalue weighted by Crippen LogP contribution is 2.07. The van der Waals surface area contributed by atoms with Crippen LogP contribution in [-0.4, -0.2) is 45.2 Å². The van der Waals surface area contributed by atoms with E-state index in [-0.39, 0.29) is 42.2 Å². The molecule has 0 aliphatic carbocycles. The van der Waals surface area contributed by atoms with E-state index in [0.29, 0.717) is 30.7 Å². The van der Waals surface area contributed by atoms with Crippen LogP contribution in [0.5, 0.6) is 0 Å². The lowest BCUT2D eigenvalue weighted by molar-refractivity contribution is -0.115. The Morgan fingerprint density at radius 3 is 2.52 bits per heavy atom. The molecule has 0 atom stereocenters. The van der Waals surface area contributed by atoms with Crippen LogP contribution in [0, 0.1) is 11.7 Å². The standard InChI is InChI=1S/C17H27FN4O2.HI/c1-13(2)12-24-10-4-9-20-17(19-3)21-11-16(23)22-15-7-5-14(18)6-8-15;/h5-8,13H,4,9-12H2,1-3H3,(H,22,23)(H2,19,20,21);1H. The number of nitrogens with one attached hydrogen (secondary N) is 3. The molecule has 0 radical (unpaired) electrons. The number of anilines is 1. The lowest BCUT2D eigenvalue weighted by atomic mass is 10.2. The summed E-state index contributed by atoms with van der Waals surface area (Å²) in [5.41, 5.74) is 0.549. The highest BCUT2D eigenvalue weighted by atomic mass is 127. The lowest BCUT2D eigenvalue weighted by Gasteiger charge is -2.12. The topological polar surface area (TPSA) is 74.8 Å². The monoisotopic (exact) mass is 466 g/mol. The van der Waals surface area contributed by atoms with Crippen molar-refractivity contribution in [1.82, 2.24) is 10.6 Å². The molecule has 0 aliphatic rings. The highest BCUT2D eigenvalue weighted by Gasteiger charge is 2.04. The zero-order valence-electron chi connectivity index (χ0n) is 15.0. The molecule has 0 saturated heterocycles. The Balaban J connectivity index is 0.00000576. The lowest BCUT2D eigenvalue weighted by Crippen LogP contribution is -2.41. The Labute approximate surface area is 166 Å². The van der Waals surface area contributed by atoms with Crippen LogP contribution in [0.25, 0.3) is 0 Å². The third-order valence-electron chi connectivity index (χ3n) is 2.98. The number of benzene rings is 1. The van der Waals surface area contributed by atoms with Crippen LogP contribution < -0.4 is 16.0 Å². The first-order valence-electron chi connectivity index (χ1n) is 8.09. The van der Waals surface area contributed by atoms with Gasteiger partial charge in [0.05, 0.1) is 6.54 Å². The van der Waals surface area contributed by atoms with Gasteiger partial charge in [-0.1, -0.05) is 13.8 Å². The maximum absolute atomic E-state index is 12.8. The van der Waals surface area contributed by atoms with E-state index >= 15 is 0 Å². The predicted octanol–water partition coefficient (Wildman–Crippen LogP) is 2.61. The van der Waals surface area contributed by atoms with E-state index in [9.17, 15) is 9.18 Å². The molecule has 142 valence electrons. The van der Waals surface area contributed by atoms with E-state index in [1.165, 1.54) is 24.3 Å². The van der Waals surface area contributed by atoms with Crippen molar-refractivity contribution in [3.05, 3.63) is 30.1 Å². The van der Waals surface area contributed by atoms with Crippen molar-refractivity contribution in [2.75, 3.05) is 38.7 Å². The number of rotatable bonds is 9. The normalized spacial score (nSPS) is 11.0. The quantitative estimate of drug-likeness (QED) is 0.227. The van der Waals surface area contributed by atoms with Crippen molar-refractivity contribution in [3.63, 3.8) is 0 Å². The second-order valence-corrected chi connectivity index (χ2v) is 5.73. The first-order valence-corrected chi connectivity index (χ1v) is 8.09. The summed E-state index contributed by atoms with van der Waals surface area (Å²) in [6.07, 6.45) is 0.856. The molecule has 1 aromatic carbocycles. The van der Waals surface area contributed by atoms with E-state index in [2.05, 4.69) is 34.8 Å². The molecule has 0 aliphatic heterocycles. The fraction of sp³-hybridized carbons (Fsp3) is 0.529. The number of halogens is 2. The number of carbonyl (C=O) groups is 1. The molecule has 1 amide bonds. The van der Waals surface area contributed by atoms with Gasteiger partial charge in [0.2, 0.25) is 5.91 Å². The van der Waals surface area contributed by atoms with Crippen molar-refractivity contribution in [2.24, 2.45) is 10.9 Å². The number of carbonyl (C=O) groups excluding carboxylic acids is 1. The Morgan fingerprint density at radius 1 is 1.24 bits per heavy atom. The Morgan fingerprint density at radius 2 is 1.92 bits per heavy atom. The van der Waals surface area contributed by atoms with Crippen LogP contribution in [0.4, 0.5) is 10.1 Å². The first kappa shape index (κ1) is 23.6. The molecule has 0 heterocycles. The number of nitrogens with zero attached hydrogens (tertiary/aromatic N) is 1. The third-order valence-corrected chi connectivity index (χ3v) is 2.98. The first-order chi connectivity index (χ1) is 11.5. The van der Waals surface area contributed by atoms with Gasteiger partial charge in [-0.3, -0.25) is 9.79 Å². The second kappa shape index (κ2) is 13.8. The largest absolute Gasteiger partial charge is 0.381 e. The molecule has 8 heteroatoms. The minimum absolute atomic E-state index is 0. The molecule has 0 aromatic heterocycles. The van der Waals surface area contributed by atoms with Crippen LogP contribution in [0.15, 0.2) is 29.3 Å². The number of hydrogen-bond donors (Lipinski definition) is 3. The molecule has 0 spiro atoms. The molecule has 0 unspecified atom stereocenters. The van der Waals surface area contributed by atoms with Gasteiger partial charge in [-0.15, -0.1) is 24.0 Å². The molecule has 1 aromatic rings. The minimum Gasteiger partial charge on any atom is -0.381 e. The molecule has 0 bridgehead atoms.